The molecule has 0 saturated carbocycles. The SMILES string of the molecule is CC(C)OC1=COC=CB1. The van der Waals surface area contributed by atoms with E-state index in [-0.39, 0.29) is 6.10 Å². The molecule has 0 bridgehead atoms. The van der Waals surface area contributed by atoms with Gasteiger partial charge in [0.1, 0.15) is 6.26 Å². The van der Waals surface area contributed by atoms with Crippen LogP contribution in [0, 0.1) is 0 Å². The van der Waals surface area contributed by atoms with Crippen LogP contribution in [0.3, 0.4) is 0 Å². The van der Waals surface area contributed by atoms with Crippen LogP contribution in [-0.2, 0) is 9.47 Å². The molecule has 0 aromatic carbocycles. The van der Waals surface area contributed by atoms with Crippen LogP contribution >= 0.6 is 0 Å². The Morgan fingerprint density at radius 1 is 1.60 bits per heavy atom. The van der Waals surface area contributed by atoms with E-state index in [1.54, 1.807) is 12.5 Å². The van der Waals surface area contributed by atoms with E-state index in [1.807, 2.05) is 19.8 Å². The average Bonchev–Trinajstić information content (AvgIpc) is 1.88. The van der Waals surface area contributed by atoms with Crippen molar-refractivity contribution in [3.8, 4) is 0 Å². The fraction of sp³-hybridized carbons (Fsp3) is 0.429. The minimum atomic E-state index is 0.237. The second-order valence-electron chi connectivity index (χ2n) is 2.46. The lowest BCUT2D eigenvalue weighted by Gasteiger charge is -2.13. The number of ether oxygens (including phenoxy) is 2. The highest BCUT2D eigenvalue weighted by atomic mass is 16.5. The molecule has 0 aromatic heterocycles. The van der Waals surface area contributed by atoms with Gasteiger partial charge in [0.15, 0.2) is 0 Å². The predicted octanol–water partition coefficient (Wildman–Crippen LogP) is 1.15. The van der Waals surface area contributed by atoms with Gasteiger partial charge in [0.05, 0.1) is 18.0 Å². The zero-order valence-corrected chi connectivity index (χ0v) is 6.33. The van der Waals surface area contributed by atoms with E-state index in [4.69, 9.17) is 9.47 Å². The summed E-state index contributed by atoms with van der Waals surface area (Å²) in [6.45, 7) is 4.00. The van der Waals surface area contributed by atoms with E-state index in [2.05, 4.69) is 0 Å². The lowest BCUT2D eigenvalue weighted by molar-refractivity contribution is 0.156. The summed E-state index contributed by atoms with van der Waals surface area (Å²) in [6.07, 6.45) is 3.54. The van der Waals surface area contributed by atoms with Crippen LogP contribution in [0.25, 0.3) is 0 Å². The zero-order valence-electron chi connectivity index (χ0n) is 6.33. The Kier molecular flexibility index (Phi) is 2.43. The molecular formula is C7H11BO2. The molecule has 10 heavy (non-hydrogen) atoms. The summed E-state index contributed by atoms with van der Waals surface area (Å²) < 4.78 is 10.3. The first-order valence-electron chi connectivity index (χ1n) is 3.45. The quantitative estimate of drug-likeness (QED) is 0.532. The van der Waals surface area contributed by atoms with E-state index in [0.29, 0.717) is 0 Å². The highest BCUT2D eigenvalue weighted by Crippen LogP contribution is 2.04. The Labute approximate surface area is 61.8 Å². The average molecular weight is 138 g/mol. The van der Waals surface area contributed by atoms with Gasteiger partial charge in [-0.05, 0) is 13.8 Å². The normalized spacial score (nSPS) is 15.7. The number of hydrogen-bond donors (Lipinski definition) is 0. The van der Waals surface area contributed by atoms with Crippen LogP contribution in [0.2, 0.25) is 0 Å². The van der Waals surface area contributed by atoms with Gasteiger partial charge >= 0.3 is 0 Å². The summed E-state index contributed by atoms with van der Waals surface area (Å²) in [6, 6.07) is 0. The largest absolute Gasteiger partial charge is 0.502 e. The molecule has 1 heterocycles. The van der Waals surface area contributed by atoms with Gasteiger partial charge < -0.3 is 9.47 Å². The predicted molar refractivity (Wildman–Crippen MR) is 41.7 cm³/mol. The lowest BCUT2D eigenvalue weighted by Crippen LogP contribution is -2.08. The van der Waals surface area contributed by atoms with Gasteiger partial charge in [-0.2, -0.15) is 0 Å². The van der Waals surface area contributed by atoms with E-state index < -0.39 is 0 Å². The van der Waals surface area contributed by atoms with E-state index >= 15 is 0 Å². The van der Waals surface area contributed by atoms with Gasteiger partial charge in [-0.25, -0.2) is 0 Å². The van der Waals surface area contributed by atoms with E-state index in [9.17, 15) is 0 Å². The molecule has 0 atom stereocenters. The van der Waals surface area contributed by atoms with E-state index in [0.717, 1.165) is 12.9 Å². The van der Waals surface area contributed by atoms with Crippen LogP contribution in [-0.4, -0.2) is 13.4 Å². The zero-order chi connectivity index (χ0) is 7.40. The van der Waals surface area contributed by atoms with Gasteiger partial charge in [0, 0.05) is 0 Å². The van der Waals surface area contributed by atoms with Crippen molar-refractivity contribution in [1.29, 1.82) is 0 Å². The van der Waals surface area contributed by atoms with Crippen LogP contribution in [0.5, 0.6) is 0 Å². The Balaban J connectivity index is 2.34. The first-order chi connectivity index (χ1) is 4.79. The summed E-state index contributed by atoms with van der Waals surface area (Å²) in [4.78, 5) is 0. The molecule has 0 aliphatic carbocycles. The van der Waals surface area contributed by atoms with Crippen LogP contribution in [0.1, 0.15) is 13.8 Å². The summed E-state index contributed by atoms with van der Waals surface area (Å²) in [7, 11) is 0.845. The van der Waals surface area contributed by atoms with Crippen molar-refractivity contribution in [3.05, 3.63) is 24.2 Å². The lowest BCUT2D eigenvalue weighted by atomic mass is 9.76. The second-order valence-corrected chi connectivity index (χ2v) is 2.46. The molecule has 54 valence electrons. The van der Waals surface area contributed by atoms with Crippen molar-refractivity contribution >= 4 is 7.28 Å². The first-order valence-corrected chi connectivity index (χ1v) is 3.45. The second kappa shape index (κ2) is 3.35. The maximum absolute atomic E-state index is 5.38. The van der Waals surface area contributed by atoms with Gasteiger partial charge in [-0.1, -0.05) is 5.98 Å². The maximum Gasteiger partial charge on any atom is 0.236 e. The summed E-state index contributed by atoms with van der Waals surface area (Å²) in [5.41, 5.74) is 0.900. The Morgan fingerprint density at radius 3 is 2.90 bits per heavy atom. The molecule has 0 N–H and O–H groups in total. The molecule has 0 fully saturated rings. The van der Waals surface area contributed by atoms with Crippen molar-refractivity contribution in [2.45, 2.75) is 20.0 Å². The Hall–Kier alpha value is -0.855. The third kappa shape index (κ3) is 2.17. The first kappa shape index (κ1) is 7.25. The van der Waals surface area contributed by atoms with Crippen molar-refractivity contribution in [2.75, 3.05) is 0 Å². The molecule has 1 aliphatic heterocycles. The van der Waals surface area contributed by atoms with Crippen LogP contribution in [0.4, 0.5) is 0 Å². The minimum Gasteiger partial charge on any atom is -0.502 e. The molecule has 3 heteroatoms. The van der Waals surface area contributed by atoms with Crippen molar-refractivity contribution < 1.29 is 9.47 Å². The van der Waals surface area contributed by atoms with Crippen molar-refractivity contribution in [2.24, 2.45) is 0 Å². The summed E-state index contributed by atoms with van der Waals surface area (Å²) >= 11 is 0. The Bertz CT molecular complexity index is 161. The molecule has 0 spiro atoms. The summed E-state index contributed by atoms with van der Waals surface area (Å²) in [5, 5.41) is 0. The van der Waals surface area contributed by atoms with Crippen molar-refractivity contribution in [1.82, 2.24) is 0 Å². The fourth-order valence-electron chi connectivity index (χ4n) is 0.762. The van der Waals surface area contributed by atoms with Crippen molar-refractivity contribution in [3.63, 3.8) is 0 Å². The van der Waals surface area contributed by atoms with Gasteiger partial charge in [-0.3, -0.25) is 0 Å². The molecule has 0 unspecified atom stereocenters. The van der Waals surface area contributed by atoms with Gasteiger partial charge in [0.2, 0.25) is 7.28 Å². The maximum atomic E-state index is 5.38. The molecule has 0 radical (unpaired) electrons. The minimum absolute atomic E-state index is 0.237. The summed E-state index contributed by atoms with van der Waals surface area (Å²) in [5.74, 6) is 1.93. The topological polar surface area (TPSA) is 18.5 Å². The van der Waals surface area contributed by atoms with Gasteiger partial charge in [-0.15, -0.1) is 0 Å². The molecule has 2 nitrogen and oxygen atoms in total. The Morgan fingerprint density at radius 2 is 2.40 bits per heavy atom. The van der Waals surface area contributed by atoms with E-state index in [1.165, 1.54) is 0 Å². The number of rotatable bonds is 2. The van der Waals surface area contributed by atoms with Gasteiger partial charge in [0.25, 0.3) is 0 Å². The van der Waals surface area contributed by atoms with Crippen LogP contribution < -0.4 is 0 Å². The molecule has 1 aliphatic rings. The molecule has 1 rings (SSSR count). The molecule has 0 saturated heterocycles. The molecule has 0 amide bonds. The van der Waals surface area contributed by atoms with Crippen LogP contribution in [0.15, 0.2) is 24.2 Å². The third-order valence-corrected chi connectivity index (χ3v) is 1.08. The fourth-order valence-corrected chi connectivity index (χ4v) is 0.762. The third-order valence-electron chi connectivity index (χ3n) is 1.08. The molecular weight excluding hydrogens is 127 g/mol. The standard InChI is InChI=1S/C7H11BO2/c1-6(2)10-7-5-9-4-3-8-7/h3-6,8H,1-2H3. The smallest absolute Gasteiger partial charge is 0.236 e. The monoisotopic (exact) mass is 138 g/mol. The number of hydrogen-bond acceptors (Lipinski definition) is 2. The highest BCUT2D eigenvalue weighted by Gasteiger charge is 2.03. The molecule has 0 aromatic rings. The highest BCUT2D eigenvalue weighted by molar-refractivity contribution is 6.50.